The van der Waals surface area contributed by atoms with Crippen molar-refractivity contribution in [3.63, 3.8) is 0 Å². The number of hydrogen-bond donors (Lipinski definition) is 2. The highest BCUT2D eigenvalue weighted by Gasteiger charge is 2.10. The minimum atomic E-state index is -0.523. The van der Waals surface area contributed by atoms with Gasteiger partial charge >= 0.3 is 0 Å². The quantitative estimate of drug-likeness (QED) is 0.382. The summed E-state index contributed by atoms with van der Waals surface area (Å²) in [6.45, 7) is 7.51. The van der Waals surface area contributed by atoms with E-state index in [2.05, 4.69) is 20.7 Å². The van der Waals surface area contributed by atoms with Gasteiger partial charge in [0.1, 0.15) is 11.6 Å². The van der Waals surface area contributed by atoms with Crippen molar-refractivity contribution in [2.45, 2.75) is 33.7 Å². The summed E-state index contributed by atoms with van der Waals surface area (Å²) in [6.07, 6.45) is 0.244. The van der Waals surface area contributed by atoms with Gasteiger partial charge in [0.05, 0.1) is 12.2 Å². The van der Waals surface area contributed by atoms with Crippen LogP contribution in [0.5, 0.6) is 0 Å². The van der Waals surface area contributed by atoms with Crippen molar-refractivity contribution in [1.82, 2.24) is 20.4 Å². The molecule has 0 aliphatic rings. The molecule has 0 aliphatic heterocycles. The van der Waals surface area contributed by atoms with E-state index in [4.69, 9.17) is 0 Å². The average Bonchev–Trinajstić information content (AvgIpc) is 2.80. The smallest absolute Gasteiger partial charge is 0.191 e. The molecule has 2 aromatic rings. The first-order valence-corrected chi connectivity index (χ1v) is 8.38. The maximum absolute atomic E-state index is 13.7. The standard InChI is InChI=1S/C18H25F2N5.HI/c1-5-21-18(23-11-15-12(2)24-25(4)13(15)3)22-10-9-14-16(19)7-6-8-17(14)20;/h6-8H,5,9-11H2,1-4H3,(H2,21,22,23);1H. The maximum Gasteiger partial charge on any atom is 0.191 e. The Morgan fingerprint density at radius 1 is 1.15 bits per heavy atom. The topological polar surface area (TPSA) is 54.2 Å². The Morgan fingerprint density at radius 3 is 2.35 bits per heavy atom. The lowest BCUT2D eigenvalue weighted by Crippen LogP contribution is -2.38. The van der Waals surface area contributed by atoms with Crippen LogP contribution in [0.3, 0.4) is 0 Å². The van der Waals surface area contributed by atoms with Gasteiger partial charge in [0.2, 0.25) is 0 Å². The fraction of sp³-hybridized carbons (Fsp3) is 0.444. The minimum Gasteiger partial charge on any atom is -0.357 e. The first kappa shape index (κ1) is 22.3. The average molecular weight is 477 g/mol. The molecule has 1 aromatic heterocycles. The molecule has 1 aromatic carbocycles. The lowest BCUT2D eigenvalue weighted by Gasteiger charge is -2.12. The van der Waals surface area contributed by atoms with Gasteiger partial charge in [-0.15, -0.1) is 24.0 Å². The van der Waals surface area contributed by atoms with Crippen LogP contribution in [0.1, 0.15) is 29.4 Å². The molecule has 0 spiro atoms. The van der Waals surface area contributed by atoms with Crippen molar-refractivity contribution in [3.05, 3.63) is 52.3 Å². The Morgan fingerprint density at radius 2 is 1.81 bits per heavy atom. The molecule has 0 aliphatic carbocycles. The van der Waals surface area contributed by atoms with E-state index in [1.165, 1.54) is 18.2 Å². The van der Waals surface area contributed by atoms with E-state index < -0.39 is 11.6 Å². The lowest BCUT2D eigenvalue weighted by molar-refractivity contribution is 0.553. The molecule has 0 amide bonds. The number of hydrogen-bond acceptors (Lipinski definition) is 2. The van der Waals surface area contributed by atoms with Crippen LogP contribution >= 0.6 is 24.0 Å². The molecule has 144 valence electrons. The van der Waals surface area contributed by atoms with Crippen molar-refractivity contribution in [1.29, 1.82) is 0 Å². The van der Waals surface area contributed by atoms with Gasteiger partial charge in [-0.2, -0.15) is 5.10 Å². The molecular weight excluding hydrogens is 451 g/mol. The van der Waals surface area contributed by atoms with Crippen molar-refractivity contribution in [3.8, 4) is 0 Å². The van der Waals surface area contributed by atoms with Gasteiger partial charge in [-0.3, -0.25) is 4.68 Å². The highest BCUT2D eigenvalue weighted by Crippen LogP contribution is 2.13. The molecule has 1 heterocycles. The zero-order chi connectivity index (χ0) is 18.4. The Kier molecular flexibility index (Phi) is 8.97. The van der Waals surface area contributed by atoms with Crippen molar-refractivity contribution < 1.29 is 8.78 Å². The first-order valence-electron chi connectivity index (χ1n) is 8.38. The molecule has 0 unspecified atom stereocenters. The Balaban J connectivity index is 0.00000338. The number of guanidine groups is 1. The van der Waals surface area contributed by atoms with E-state index in [9.17, 15) is 8.78 Å². The molecular formula is C18H26F2IN5. The third kappa shape index (κ3) is 5.65. The van der Waals surface area contributed by atoms with Crippen LogP contribution in [-0.2, 0) is 20.0 Å². The van der Waals surface area contributed by atoms with Crippen molar-refractivity contribution in [2.24, 2.45) is 12.0 Å². The van der Waals surface area contributed by atoms with E-state index in [0.29, 0.717) is 25.6 Å². The fourth-order valence-electron chi connectivity index (χ4n) is 2.62. The highest BCUT2D eigenvalue weighted by molar-refractivity contribution is 14.0. The zero-order valence-corrected chi connectivity index (χ0v) is 17.9. The molecule has 2 N–H and O–H groups in total. The van der Waals surface area contributed by atoms with Gasteiger partial charge in [-0.05, 0) is 39.3 Å². The highest BCUT2D eigenvalue weighted by atomic mass is 127. The molecule has 8 heteroatoms. The molecule has 0 saturated carbocycles. The van der Waals surface area contributed by atoms with Crippen LogP contribution in [0, 0.1) is 25.5 Å². The lowest BCUT2D eigenvalue weighted by atomic mass is 10.1. The summed E-state index contributed by atoms with van der Waals surface area (Å²) >= 11 is 0. The molecule has 0 atom stereocenters. The first-order chi connectivity index (χ1) is 11.9. The van der Waals surface area contributed by atoms with Gasteiger partial charge in [-0.1, -0.05) is 6.07 Å². The number of nitrogens with zero attached hydrogens (tertiary/aromatic N) is 3. The third-order valence-electron chi connectivity index (χ3n) is 4.13. The fourth-order valence-corrected chi connectivity index (χ4v) is 2.62. The number of rotatable bonds is 6. The second-order valence-electron chi connectivity index (χ2n) is 5.85. The molecule has 26 heavy (non-hydrogen) atoms. The molecule has 5 nitrogen and oxygen atoms in total. The van der Waals surface area contributed by atoms with Gasteiger partial charge < -0.3 is 10.6 Å². The van der Waals surface area contributed by atoms with Crippen LogP contribution in [0.25, 0.3) is 0 Å². The molecule has 0 saturated heterocycles. The zero-order valence-electron chi connectivity index (χ0n) is 15.6. The monoisotopic (exact) mass is 477 g/mol. The van der Waals surface area contributed by atoms with Crippen LogP contribution in [0.15, 0.2) is 23.2 Å². The predicted octanol–water partition coefficient (Wildman–Crippen LogP) is 3.23. The van der Waals surface area contributed by atoms with E-state index in [1.54, 1.807) is 0 Å². The number of benzene rings is 1. The van der Waals surface area contributed by atoms with Crippen LogP contribution in [0.2, 0.25) is 0 Å². The van der Waals surface area contributed by atoms with E-state index in [-0.39, 0.29) is 36.0 Å². The predicted molar refractivity (Wildman–Crippen MR) is 111 cm³/mol. The largest absolute Gasteiger partial charge is 0.357 e. The summed E-state index contributed by atoms with van der Waals surface area (Å²) in [7, 11) is 1.90. The molecule has 0 bridgehead atoms. The number of aryl methyl sites for hydroxylation is 2. The molecule has 0 fully saturated rings. The summed E-state index contributed by atoms with van der Waals surface area (Å²) in [5.74, 6) is -0.433. The van der Waals surface area contributed by atoms with Crippen molar-refractivity contribution >= 4 is 29.9 Å². The van der Waals surface area contributed by atoms with Gasteiger partial charge in [0, 0.05) is 37.0 Å². The summed E-state index contributed by atoms with van der Waals surface area (Å²) in [5.41, 5.74) is 3.20. The van der Waals surface area contributed by atoms with Gasteiger partial charge in [0.25, 0.3) is 0 Å². The molecule has 0 radical (unpaired) electrons. The van der Waals surface area contributed by atoms with E-state index in [0.717, 1.165) is 17.0 Å². The van der Waals surface area contributed by atoms with Crippen molar-refractivity contribution in [2.75, 3.05) is 13.1 Å². The van der Waals surface area contributed by atoms with Crippen LogP contribution in [0.4, 0.5) is 8.78 Å². The summed E-state index contributed by atoms with van der Waals surface area (Å²) in [4.78, 5) is 4.55. The molecule has 2 rings (SSSR count). The van der Waals surface area contributed by atoms with E-state index >= 15 is 0 Å². The number of nitrogens with one attached hydrogen (secondary N) is 2. The Labute approximate surface area is 170 Å². The summed E-state index contributed by atoms with van der Waals surface area (Å²) in [5, 5.41) is 10.6. The summed E-state index contributed by atoms with van der Waals surface area (Å²) < 4.78 is 29.2. The maximum atomic E-state index is 13.7. The third-order valence-corrected chi connectivity index (χ3v) is 4.13. The number of aromatic nitrogens is 2. The van der Waals surface area contributed by atoms with Gasteiger partial charge in [0.15, 0.2) is 5.96 Å². The number of aliphatic imine (C=N–C) groups is 1. The van der Waals surface area contributed by atoms with Gasteiger partial charge in [-0.25, -0.2) is 13.8 Å². The second kappa shape index (κ2) is 10.4. The number of halogens is 3. The SMILES string of the molecule is CCNC(=NCc1c(C)nn(C)c1C)NCCc1c(F)cccc1F.I. The summed E-state index contributed by atoms with van der Waals surface area (Å²) in [6, 6.07) is 3.91. The Hall–Kier alpha value is -1.71. The van der Waals surface area contributed by atoms with Crippen LogP contribution in [-0.4, -0.2) is 28.8 Å². The van der Waals surface area contributed by atoms with Crippen LogP contribution < -0.4 is 10.6 Å². The van der Waals surface area contributed by atoms with E-state index in [1.807, 2.05) is 32.5 Å². The minimum absolute atomic E-state index is 0. The Bertz CT molecular complexity index is 738. The second-order valence-corrected chi connectivity index (χ2v) is 5.85. The normalized spacial score (nSPS) is 11.2.